The van der Waals surface area contributed by atoms with Crippen molar-refractivity contribution in [2.24, 2.45) is 10.7 Å². The summed E-state index contributed by atoms with van der Waals surface area (Å²) in [5.41, 5.74) is 6.52. The van der Waals surface area contributed by atoms with Gasteiger partial charge in [0.1, 0.15) is 0 Å². The van der Waals surface area contributed by atoms with Gasteiger partial charge in [0.2, 0.25) is 0 Å². The van der Waals surface area contributed by atoms with Crippen molar-refractivity contribution in [3.63, 3.8) is 0 Å². The van der Waals surface area contributed by atoms with Crippen molar-refractivity contribution in [3.8, 4) is 0 Å². The lowest BCUT2D eigenvalue weighted by Gasteiger charge is -2.27. The Bertz CT molecular complexity index is 506. The predicted molar refractivity (Wildman–Crippen MR) is 105 cm³/mol. The van der Waals surface area contributed by atoms with Crippen LogP contribution in [0.2, 0.25) is 5.02 Å². The van der Waals surface area contributed by atoms with Crippen LogP contribution in [-0.4, -0.2) is 54.5 Å². The number of amides is 1. The van der Waals surface area contributed by atoms with Crippen molar-refractivity contribution in [1.82, 2.24) is 10.2 Å². The van der Waals surface area contributed by atoms with Gasteiger partial charge in [-0.2, -0.15) is 11.8 Å². The van der Waals surface area contributed by atoms with E-state index in [2.05, 4.69) is 15.2 Å². The van der Waals surface area contributed by atoms with Crippen LogP contribution in [0.3, 0.4) is 0 Å². The van der Waals surface area contributed by atoms with Crippen LogP contribution in [-0.2, 0) is 0 Å². The van der Waals surface area contributed by atoms with Crippen LogP contribution in [0.5, 0.6) is 0 Å². The van der Waals surface area contributed by atoms with E-state index in [1.54, 1.807) is 24.3 Å². The molecule has 0 saturated carbocycles. The smallest absolute Gasteiger partial charge is 0.251 e. The van der Waals surface area contributed by atoms with Crippen LogP contribution < -0.4 is 11.1 Å². The average molecular weight is 455 g/mol. The Morgan fingerprint density at radius 1 is 1.32 bits per heavy atom. The Labute approximate surface area is 157 Å². The quantitative estimate of drug-likeness (QED) is 0.316. The normalized spacial score (nSPS) is 15.1. The predicted octanol–water partition coefficient (Wildman–Crippen LogP) is 2.05. The largest absolute Gasteiger partial charge is 0.370 e. The van der Waals surface area contributed by atoms with Crippen molar-refractivity contribution in [2.75, 3.05) is 37.7 Å². The minimum Gasteiger partial charge on any atom is -0.370 e. The standard InChI is InChI=1S/C14H19ClN4OS.HI/c15-12-3-1-11(2-4-12)13(20)17-5-6-18-14(16)19-7-9-21-10-8-19;/h1-4H,5-10H2,(H2,16,18)(H,17,20);1H. The third-order valence-electron chi connectivity index (χ3n) is 3.11. The van der Waals surface area contributed by atoms with E-state index in [-0.39, 0.29) is 29.9 Å². The SMILES string of the molecule is I.NC(=NCCNC(=O)c1ccc(Cl)cc1)N1CCSCC1. The minimum absolute atomic E-state index is 0. The summed E-state index contributed by atoms with van der Waals surface area (Å²) in [4.78, 5) is 18.2. The van der Waals surface area contributed by atoms with Crippen molar-refractivity contribution < 1.29 is 4.79 Å². The first-order valence-corrected chi connectivity index (χ1v) is 8.36. The van der Waals surface area contributed by atoms with Gasteiger partial charge in [0.25, 0.3) is 5.91 Å². The summed E-state index contributed by atoms with van der Waals surface area (Å²) in [5.74, 6) is 2.61. The van der Waals surface area contributed by atoms with Gasteiger partial charge in [0, 0.05) is 41.7 Å². The number of carbonyl (C=O) groups is 1. The van der Waals surface area contributed by atoms with Crippen LogP contribution in [0.1, 0.15) is 10.4 Å². The molecule has 1 aromatic carbocycles. The third kappa shape index (κ3) is 6.21. The number of hydrogen-bond acceptors (Lipinski definition) is 3. The molecule has 1 aromatic rings. The summed E-state index contributed by atoms with van der Waals surface area (Å²) < 4.78 is 0. The van der Waals surface area contributed by atoms with E-state index in [4.69, 9.17) is 17.3 Å². The van der Waals surface area contributed by atoms with E-state index in [0.717, 1.165) is 24.6 Å². The zero-order chi connectivity index (χ0) is 15.1. The highest BCUT2D eigenvalue weighted by Gasteiger charge is 2.11. The summed E-state index contributed by atoms with van der Waals surface area (Å²) in [6.45, 7) is 2.83. The number of nitrogens with one attached hydrogen (secondary N) is 1. The molecule has 1 aliphatic heterocycles. The number of hydrogen-bond donors (Lipinski definition) is 2. The maximum atomic E-state index is 11.9. The van der Waals surface area contributed by atoms with E-state index >= 15 is 0 Å². The summed E-state index contributed by atoms with van der Waals surface area (Å²) in [6.07, 6.45) is 0. The Balaban J connectivity index is 0.00000242. The highest BCUT2D eigenvalue weighted by molar-refractivity contribution is 14.0. The van der Waals surface area contributed by atoms with E-state index in [1.807, 2.05) is 11.8 Å². The monoisotopic (exact) mass is 454 g/mol. The molecule has 3 N–H and O–H groups in total. The van der Waals surface area contributed by atoms with Crippen molar-refractivity contribution in [2.45, 2.75) is 0 Å². The molecule has 0 unspecified atom stereocenters. The van der Waals surface area contributed by atoms with Crippen LogP contribution >= 0.6 is 47.3 Å². The summed E-state index contributed by atoms with van der Waals surface area (Å²) in [7, 11) is 0. The van der Waals surface area contributed by atoms with Gasteiger partial charge < -0.3 is 16.0 Å². The van der Waals surface area contributed by atoms with Gasteiger partial charge in [0.15, 0.2) is 5.96 Å². The fraction of sp³-hybridized carbons (Fsp3) is 0.429. The van der Waals surface area contributed by atoms with E-state index in [1.165, 1.54) is 0 Å². The van der Waals surface area contributed by atoms with Gasteiger partial charge in [-0.05, 0) is 24.3 Å². The minimum atomic E-state index is -0.130. The highest BCUT2D eigenvalue weighted by atomic mass is 127. The fourth-order valence-corrected chi connectivity index (χ4v) is 2.96. The second kappa shape index (κ2) is 10.2. The molecule has 0 bridgehead atoms. The molecule has 8 heteroatoms. The van der Waals surface area contributed by atoms with Gasteiger partial charge >= 0.3 is 0 Å². The van der Waals surface area contributed by atoms with Crippen LogP contribution in [0.25, 0.3) is 0 Å². The lowest BCUT2D eigenvalue weighted by Crippen LogP contribution is -2.43. The Hall–Kier alpha value is -0.670. The number of thioether (sulfide) groups is 1. The average Bonchev–Trinajstić information content (AvgIpc) is 2.52. The second-order valence-electron chi connectivity index (χ2n) is 4.60. The van der Waals surface area contributed by atoms with Gasteiger partial charge in [-0.3, -0.25) is 9.79 Å². The molecular formula is C14H20ClIN4OS. The molecule has 1 fully saturated rings. The molecule has 0 aromatic heterocycles. The molecule has 1 amide bonds. The Morgan fingerprint density at radius 2 is 1.95 bits per heavy atom. The zero-order valence-corrected chi connectivity index (χ0v) is 16.0. The molecule has 0 aliphatic carbocycles. The maximum Gasteiger partial charge on any atom is 0.251 e. The van der Waals surface area contributed by atoms with E-state index in [0.29, 0.717) is 29.6 Å². The molecule has 1 saturated heterocycles. The second-order valence-corrected chi connectivity index (χ2v) is 6.26. The van der Waals surface area contributed by atoms with Crippen LogP contribution in [0, 0.1) is 0 Å². The molecule has 0 atom stereocenters. The van der Waals surface area contributed by atoms with Crippen molar-refractivity contribution in [1.29, 1.82) is 0 Å². The van der Waals surface area contributed by atoms with Crippen molar-refractivity contribution >= 4 is 59.2 Å². The lowest BCUT2D eigenvalue weighted by atomic mass is 10.2. The number of rotatable bonds is 4. The molecule has 1 aliphatic rings. The van der Waals surface area contributed by atoms with Gasteiger partial charge in [-0.1, -0.05) is 11.6 Å². The Kier molecular flexibility index (Phi) is 8.96. The zero-order valence-electron chi connectivity index (χ0n) is 12.1. The number of guanidine groups is 1. The maximum absolute atomic E-state index is 11.9. The summed E-state index contributed by atoms with van der Waals surface area (Å²) in [5, 5.41) is 3.42. The van der Waals surface area contributed by atoms with Gasteiger partial charge in [-0.15, -0.1) is 24.0 Å². The highest BCUT2D eigenvalue weighted by Crippen LogP contribution is 2.09. The molecule has 122 valence electrons. The third-order valence-corrected chi connectivity index (χ3v) is 4.31. The first kappa shape index (κ1) is 19.4. The number of benzene rings is 1. The van der Waals surface area contributed by atoms with Crippen molar-refractivity contribution in [3.05, 3.63) is 34.9 Å². The summed E-state index contributed by atoms with van der Waals surface area (Å²) in [6, 6.07) is 6.78. The first-order valence-electron chi connectivity index (χ1n) is 6.83. The van der Waals surface area contributed by atoms with E-state index in [9.17, 15) is 4.79 Å². The molecule has 1 heterocycles. The van der Waals surface area contributed by atoms with E-state index < -0.39 is 0 Å². The Morgan fingerprint density at radius 3 is 2.59 bits per heavy atom. The van der Waals surface area contributed by atoms with Gasteiger partial charge in [-0.25, -0.2) is 0 Å². The molecule has 0 radical (unpaired) electrons. The number of nitrogens with two attached hydrogens (primary N) is 1. The number of nitrogens with zero attached hydrogens (tertiary/aromatic N) is 2. The topological polar surface area (TPSA) is 70.7 Å². The molecule has 0 spiro atoms. The molecule has 5 nitrogen and oxygen atoms in total. The summed E-state index contributed by atoms with van der Waals surface area (Å²) >= 11 is 7.71. The van der Waals surface area contributed by atoms with Crippen LogP contribution in [0.15, 0.2) is 29.3 Å². The first-order chi connectivity index (χ1) is 10.2. The molecule has 2 rings (SSSR count). The fourth-order valence-electron chi connectivity index (χ4n) is 1.94. The number of halogens is 2. The molecule has 22 heavy (non-hydrogen) atoms. The lowest BCUT2D eigenvalue weighted by molar-refractivity contribution is 0.0955. The number of carbonyl (C=O) groups excluding carboxylic acids is 1. The molecular weight excluding hydrogens is 435 g/mol. The number of aliphatic imine (C=N–C) groups is 1. The van der Waals surface area contributed by atoms with Gasteiger partial charge in [0.05, 0.1) is 6.54 Å². The van der Waals surface area contributed by atoms with Crippen LogP contribution in [0.4, 0.5) is 0 Å².